The Hall–Kier alpha value is -2.53. The Labute approximate surface area is 167 Å². The fourth-order valence-electron chi connectivity index (χ4n) is 4.43. The molecule has 1 unspecified atom stereocenters. The zero-order valence-electron chi connectivity index (χ0n) is 16.9. The van der Waals surface area contributed by atoms with Gasteiger partial charge in [0.15, 0.2) is 0 Å². The minimum absolute atomic E-state index is 0.0967. The van der Waals surface area contributed by atoms with Crippen LogP contribution >= 0.6 is 0 Å². The zero-order chi connectivity index (χ0) is 19.9. The summed E-state index contributed by atoms with van der Waals surface area (Å²) in [4.78, 5) is 16.2. The van der Waals surface area contributed by atoms with Gasteiger partial charge in [0.05, 0.1) is 11.6 Å². The van der Waals surface area contributed by atoms with E-state index in [9.17, 15) is 9.90 Å². The van der Waals surface area contributed by atoms with Crippen molar-refractivity contribution in [1.29, 1.82) is 0 Å². The van der Waals surface area contributed by atoms with Gasteiger partial charge >= 0.3 is 5.97 Å². The van der Waals surface area contributed by atoms with Crippen LogP contribution in [0.5, 0.6) is 0 Å². The van der Waals surface area contributed by atoms with Crippen LogP contribution in [-0.2, 0) is 5.41 Å². The Morgan fingerprint density at radius 3 is 2.57 bits per heavy atom. The Morgan fingerprint density at radius 2 is 1.86 bits per heavy atom. The summed E-state index contributed by atoms with van der Waals surface area (Å²) in [5.74, 6) is -0.874. The van der Waals surface area contributed by atoms with Crippen LogP contribution in [0.4, 0.5) is 11.4 Å². The standard InChI is InChI=1S/C23H29N3O2/c1-23(2)15-21(24-20-8-7-17(22(27)28)14-19(20)23)16-5-4-6-18(13-16)26-11-9-25(3)10-12-26/h4-8,13-14,21,24H,9-12,15H2,1-3H3,(H,27,28). The topological polar surface area (TPSA) is 55.8 Å². The van der Waals surface area contributed by atoms with E-state index in [1.165, 1.54) is 11.3 Å². The minimum Gasteiger partial charge on any atom is -0.478 e. The second kappa shape index (κ2) is 7.13. The van der Waals surface area contributed by atoms with Crippen LogP contribution in [0, 0.1) is 0 Å². The molecule has 2 aromatic carbocycles. The first kappa shape index (κ1) is 18.8. The number of hydrogen-bond donors (Lipinski definition) is 2. The molecule has 0 bridgehead atoms. The number of hydrogen-bond acceptors (Lipinski definition) is 4. The van der Waals surface area contributed by atoms with E-state index in [2.05, 4.69) is 60.3 Å². The van der Waals surface area contributed by atoms with E-state index in [0.29, 0.717) is 5.56 Å². The van der Waals surface area contributed by atoms with Crippen molar-refractivity contribution in [2.45, 2.75) is 31.7 Å². The Kier molecular flexibility index (Phi) is 4.79. The smallest absolute Gasteiger partial charge is 0.335 e. The number of carboxylic acid groups (broad SMARTS) is 1. The highest BCUT2D eigenvalue weighted by molar-refractivity contribution is 5.89. The van der Waals surface area contributed by atoms with E-state index in [-0.39, 0.29) is 11.5 Å². The molecule has 0 aliphatic carbocycles. The summed E-state index contributed by atoms with van der Waals surface area (Å²) in [5.41, 5.74) is 4.95. The summed E-state index contributed by atoms with van der Waals surface area (Å²) in [6.45, 7) is 8.72. The number of rotatable bonds is 3. The highest BCUT2D eigenvalue weighted by Crippen LogP contribution is 2.44. The van der Waals surface area contributed by atoms with Gasteiger partial charge in [0.2, 0.25) is 0 Å². The van der Waals surface area contributed by atoms with Crippen molar-refractivity contribution in [2.75, 3.05) is 43.4 Å². The molecule has 148 valence electrons. The Morgan fingerprint density at radius 1 is 1.11 bits per heavy atom. The summed E-state index contributed by atoms with van der Waals surface area (Å²) >= 11 is 0. The lowest BCUT2D eigenvalue weighted by Gasteiger charge is -2.39. The minimum atomic E-state index is -0.874. The molecule has 2 aliphatic rings. The molecule has 2 aliphatic heterocycles. The Balaban J connectivity index is 1.61. The van der Waals surface area contributed by atoms with E-state index >= 15 is 0 Å². The number of nitrogens with zero attached hydrogens (tertiary/aromatic N) is 2. The third-order valence-corrected chi connectivity index (χ3v) is 6.18. The predicted octanol–water partition coefficient (Wildman–Crippen LogP) is 3.97. The lowest BCUT2D eigenvalue weighted by Crippen LogP contribution is -2.44. The van der Waals surface area contributed by atoms with E-state index in [0.717, 1.165) is 43.9 Å². The highest BCUT2D eigenvalue weighted by atomic mass is 16.4. The Bertz CT molecular complexity index is 885. The maximum atomic E-state index is 11.4. The van der Waals surface area contributed by atoms with Crippen LogP contribution in [0.15, 0.2) is 42.5 Å². The quantitative estimate of drug-likeness (QED) is 0.845. The number of piperazine rings is 1. The third kappa shape index (κ3) is 3.59. The number of benzene rings is 2. The van der Waals surface area contributed by atoms with Gasteiger partial charge in [-0.3, -0.25) is 0 Å². The van der Waals surface area contributed by atoms with Gasteiger partial charge in [-0.2, -0.15) is 0 Å². The molecule has 5 nitrogen and oxygen atoms in total. The molecule has 5 heteroatoms. The van der Waals surface area contributed by atoms with Crippen LogP contribution in [0.25, 0.3) is 0 Å². The van der Waals surface area contributed by atoms with Crippen LogP contribution in [0.1, 0.15) is 47.8 Å². The summed E-state index contributed by atoms with van der Waals surface area (Å²) < 4.78 is 0. The monoisotopic (exact) mass is 379 g/mol. The molecule has 28 heavy (non-hydrogen) atoms. The number of carbonyl (C=O) groups is 1. The van der Waals surface area contributed by atoms with E-state index < -0.39 is 5.97 Å². The second-order valence-corrected chi connectivity index (χ2v) is 8.74. The van der Waals surface area contributed by atoms with Crippen molar-refractivity contribution >= 4 is 17.3 Å². The molecule has 2 N–H and O–H groups in total. The van der Waals surface area contributed by atoms with Gasteiger partial charge in [0.1, 0.15) is 0 Å². The summed E-state index contributed by atoms with van der Waals surface area (Å²) in [6.07, 6.45) is 0.926. The molecular weight excluding hydrogens is 350 g/mol. The molecule has 0 aromatic heterocycles. The first-order valence-corrected chi connectivity index (χ1v) is 10.0. The first-order valence-electron chi connectivity index (χ1n) is 10.0. The van der Waals surface area contributed by atoms with Crippen LogP contribution in [-0.4, -0.2) is 49.2 Å². The number of carboxylic acids is 1. The average Bonchev–Trinajstić information content (AvgIpc) is 2.68. The van der Waals surface area contributed by atoms with Crippen LogP contribution in [0.3, 0.4) is 0 Å². The molecule has 1 fully saturated rings. The van der Waals surface area contributed by atoms with Gasteiger partial charge < -0.3 is 20.2 Å². The molecule has 0 radical (unpaired) electrons. The third-order valence-electron chi connectivity index (χ3n) is 6.18. The first-order chi connectivity index (χ1) is 13.3. The molecule has 0 spiro atoms. The van der Waals surface area contributed by atoms with E-state index in [1.54, 1.807) is 6.07 Å². The number of fused-ring (bicyclic) bond motifs is 1. The number of likely N-dealkylation sites (N-methyl/N-ethyl adjacent to an activating group) is 1. The SMILES string of the molecule is CN1CCN(c2cccc(C3CC(C)(C)c4cc(C(=O)O)ccc4N3)c2)CC1. The second-order valence-electron chi connectivity index (χ2n) is 8.74. The van der Waals surface area contributed by atoms with E-state index in [1.807, 2.05) is 12.1 Å². The van der Waals surface area contributed by atoms with Crippen molar-refractivity contribution < 1.29 is 9.90 Å². The molecule has 0 amide bonds. The van der Waals surface area contributed by atoms with Crippen molar-refractivity contribution in [3.05, 3.63) is 59.2 Å². The van der Waals surface area contributed by atoms with Crippen molar-refractivity contribution in [3.8, 4) is 0 Å². The van der Waals surface area contributed by atoms with Crippen LogP contribution in [0.2, 0.25) is 0 Å². The molecule has 0 saturated carbocycles. The van der Waals surface area contributed by atoms with E-state index in [4.69, 9.17) is 0 Å². The summed E-state index contributed by atoms with van der Waals surface area (Å²) in [6, 6.07) is 14.5. The van der Waals surface area contributed by atoms with Gasteiger partial charge in [-0.15, -0.1) is 0 Å². The van der Waals surface area contributed by atoms with Crippen molar-refractivity contribution in [1.82, 2.24) is 4.90 Å². The fraction of sp³-hybridized carbons (Fsp3) is 0.435. The van der Waals surface area contributed by atoms with Gasteiger partial charge in [-0.1, -0.05) is 26.0 Å². The molecule has 4 rings (SSSR count). The number of aromatic carboxylic acids is 1. The average molecular weight is 380 g/mol. The van der Waals surface area contributed by atoms with Crippen molar-refractivity contribution in [2.24, 2.45) is 0 Å². The molecule has 2 heterocycles. The summed E-state index contributed by atoms with van der Waals surface area (Å²) in [5, 5.41) is 13.0. The molecule has 2 aromatic rings. The lowest BCUT2D eigenvalue weighted by atomic mass is 9.73. The van der Waals surface area contributed by atoms with Gasteiger partial charge in [0.25, 0.3) is 0 Å². The maximum absolute atomic E-state index is 11.4. The predicted molar refractivity (Wildman–Crippen MR) is 114 cm³/mol. The zero-order valence-corrected chi connectivity index (χ0v) is 16.9. The molecule has 1 saturated heterocycles. The normalized spacial score (nSPS) is 21.7. The van der Waals surface area contributed by atoms with Gasteiger partial charge in [-0.05, 0) is 60.3 Å². The number of nitrogens with one attached hydrogen (secondary N) is 1. The number of anilines is 2. The van der Waals surface area contributed by atoms with Crippen LogP contribution < -0.4 is 10.2 Å². The molecular formula is C23H29N3O2. The lowest BCUT2D eigenvalue weighted by molar-refractivity contribution is 0.0696. The largest absolute Gasteiger partial charge is 0.478 e. The molecule has 1 atom stereocenters. The van der Waals surface area contributed by atoms with Gasteiger partial charge in [0, 0.05) is 37.6 Å². The maximum Gasteiger partial charge on any atom is 0.335 e. The summed E-state index contributed by atoms with van der Waals surface area (Å²) in [7, 11) is 2.18. The van der Waals surface area contributed by atoms with Gasteiger partial charge in [-0.25, -0.2) is 4.79 Å². The highest BCUT2D eigenvalue weighted by Gasteiger charge is 2.34. The van der Waals surface area contributed by atoms with Crippen molar-refractivity contribution in [3.63, 3.8) is 0 Å². The fourth-order valence-corrected chi connectivity index (χ4v) is 4.43.